The van der Waals surface area contributed by atoms with Crippen molar-refractivity contribution in [3.8, 4) is 11.5 Å². The van der Waals surface area contributed by atoms with E-state index in [0.29, 0.717) is 35.5 Å². The number of ether oxygens (including phenoxy) is 2. The zero-order valence-corrected chi connectivity index (χ0v) is 17.0. The topological polar surface area (TPSA) is 72.8 Å². The zero-order valence-electron chi connectivity index (χ0n) is 17.0. The molecule has 0 aliphatic heterocycles. The van der Waals surface area contributed by atoms with Gasteiger partial charge in [0.05, 0.1) is 6.26 Å². The van der Waals surface area contributed by atoms with Crippen molar-refractivity contribution in [3.63, 3.8) is 0 Å². The molecule has 0 amide bonds. The molecule has 5 nitrogen and oxygen atoms in total. The van der Waals surface area contributed by atoms with Gasteiger partial charge in [-0.1, -0.05) is 49.6 Å². The Bertz CT molecular complexity index is 893. The molecule has 0 aromatic heterocycles. The highest BCUT2D eigenvalue weighted by molar-refractivity contribution is 5.90. The van der Waals surface area contributed by atoms with E-state index in [-0.39, 0.29) is 0 Å². The summed E-state index contributed by atoms with van der Waals surface area (Å²) in [5, 5.41) is 8.34. The fourth-order valence-electron chi connectivity index (χ4n) is 1.98. The largest absolute Gasteiger partial charge is 0.516 e. The standard InChI is InChI=1S/C17H18O4.C8H8O/c1-5-6-7-13(4)17(19)21-15-10-8-14(9-11-15)20-16(18)12(2)3;9-7-6-8-4-2-1-3-5-8/h5,8-11H,1-2,4,6-7H2,3H3;1-7,9H. The van der Waals surface area contributed by atoms with Gasteiger partial charge in [0.15, 0.2) is 0 Å². The van der Waals surface area contributed by atoms with Crippen LogP contribution in [0.5, 0.6) is 11.5 Å². The number of hydrogen-bond acceptors (Lipinski definition) is 5. The van der Waals surface area contributed by atoms with Crippen molar-refractivity contribution in [1.29, 1.82) is 0 Å². The lowest BCUT2D eigenvalue weighted by atomic mass is 10.2. The highest BCUT2D eigenvalue weighted by Crippen LogP contribution is 2.19. The maximum atomic E-state index is 11.7. The minimum atomic E-state index is -0.502. The maximum absolute atomic E-state index is 11.7. The molecule has 156 valence electrons. The Morgan fingerprint density at radius 1 is 0.933 bits per heavy atom. The Morgan fingerprint density at radius 2 is 1.47 bits per heavy atom. The quantitative estimate of drug-likeness (QED) is 0.197. The molecule has 0 unspecified atom stereocenters. The lowest BCUT2D eigenvalue weighted by molar-refractivity contribution is -0.131. The van der Waals surface area contributed by atoms with Crippen molar-refractivity contribution >= 4 is 18.0 Å². The van der Waals surface area contributed by atoms with Gasteiger partial charge in [-0.3, -0.25) is 0 Å². The second-order valence-electron chi connectivity index (χ2n) is 6.19. The summed E-state index contributed by atoms with van der Waals surface area (Å²) in [6.07, 6.45) is 5.57. The first-order valence-corrected chi connectivity index (χ1v) is 9.21. The first kappa shape index (κ1) is 24.2. The normalized spacial score (nSPS) is 9.77. The summed E-state index contributed by atoms with van der Waals surface area (Å²) in [7, 11) is 0. The van der Waals surface area contributed by atoms with E-state index in [1.54, 1.807) is 31.2 Å². The minimum absolute atomic E-state index is 0.309. The number of aliphatic hydroxyl groups is 1. The van der Waals surface area contributed by atoms with Gasteiger partial charge >= 0.3 is 11.9 Å². The molecule has 0 saturated heterocycles. The summed E-state index contributed by atoms with van der Waals surface area (Å²) in [6, 6.07) is 15.8. The highest BCUT2D eigenvalue weighted by Gasteiger charge is 2.10. The predicted molar refractivity (Wildman–Crippen MR) is 119 cm³/mol. The average Bonchev–Trinajstić information content (AvgIpc) is 2.74. The third-order valence-corrected chi connectivity index (χ3v) is 3.60. The number of allylic oxidation sites excluding steroid dienone is 1. The molecule has 0 radical (unpaired) electrons. The fraction of sp³-hybridized carbons (Fsp3) is 0.120. The molecule has 0 aliphatic rings. The Hall–Kier alpha value is -3.86. The van der Waals surface area contributed by atoms with Crippen LogP contribution in [-0.2, 0) is 9.59 Å². The van der Waals surface area contributed by atoms with Crippen LogP contribution in [0, 0.1) is 0 Å². The number of rotatable bonds is 8. The number of aliphatic hydroxyl groups excluding tert-OH is 1. The number of carbonyl (C=O) groups excluding carboxylic acids is 2. The van der Waals surface area contributed by atoms with Crippen LogP contribution in [0.4, 0.5) is 0 Å². The first-order valence-electron chi connectivity index (χ1n) is 9.21. The molecule has 0 heterocycles. The van der Waals surface area contributed by atoms with Gasteiger partial charge in [0.25, 0.3) is 0 Å². The third kappa shape index (κ3) is 9.37. The lowest BCUT2D eigenvalue weighted by Gasteiger charge is -2.07. The van der Waals surface area contributed by atoms with Gasteiger partial charge in [-0.05, 0) is 55.7 Å². The summed E-state index contributed by atoms with van der Waals surface area (Å²) in [5.41, 5.74) is 1.71. The van der Waals surface area contributed by atoms with E-state index in [2.05, 4.69) is 19.7 Å². The molecule has 30 heavy (non-hydrogen) atoms. The smallest absolute Gasteiger partial charge is 0.338 e. The number of carbonyl (C=O) groups is 2. The molecule has 1 N–H and O–H groups in total. The molecule has 0 atom stereocenters. The minimum Gasteiger partial charge on any atom is -0.516 e. The summed E-state index contributed by atoms with van der Waals surface area (Å²) < 4.78 is 10.2. The average molecular weight is 406 g/mol. The van der Waals surface area contributed by atoms with Gasteiger partial charge in [0, 0.05) is 11.1 Å². The Balaban J connectivity index is 0.000000414. The van der Waals surface area contributed by atoms with Crippen LogP contribution in [0.2, 0.25) is 0 Å². The monoisotopic (exact) mass is 406 g/mol. The van der Waals surface area contributed by atoms with E-state index < -0.39 is 11.9 Å². The van der Waals surface area contributed by atoms with Gasteiger partial charge in [0.1, 0.15) is 11.5 Å². The molecule has 2 rings (SSSR count). The number of benzene rings is 2. The molecular formula is C25H26O5. The molecule has 0 aliphatic carbocycles. The van der Waals surface area contributed by atoms with E-state index in [0.717, 1.165) is 11.8 Å². The van der Waals surface area contributed by atoms with Crippen molar-refractivity contribution in [3.05, 3.63) is 103 Å². The summed E-state index contributed by atoms with van der Waals surface area (Å²) in [5.74, 6) is -0.274. The molecule has 0 bridgehead atoms. The van der Waals surface area contributed by atoms with Crippen molar-refractivity contribution in [2.75, 3.05) is 0 Å². The van der Waals surface area contributed by atoms with Crippen molar-refractivity contribution in [1.82, 2.24) is 0 Å². The van der Waals surface area contributed by atoms with Crippen LogP contribution in [0.25, 0.3) is 6.08 Å². The van der Waals surface area contributed by atoms with Crippen LogP contribution in [0.1, 0.15) is 25.3 Å². The molecule has 0 fully saturated rings. The summed E-state index contributed by atoms with van der Waals surface area (Å²) in [6.45, 7) is 12.3. The van der Waals surface area contributed by atoms with Crippen LogP contribution in [-0.4, -0.2) is 17.0 Å². The zero-order chi connectivity index (χ0) is 22.4. The first-order chi connectivity index (χ1) is 14.4. The molecule has 0 saturated carbocycles. The molecule has 5 heteroatoms. The van der Waals surface area contributed by atoms with Crippen LogP contribution in [0.3, 0.4) is 0 Å². The summed E-state index contributed by atoms with van der Waals surface area (Å²) in [4.78, 5) is 23.1. The van der Waals surface area contributed by atoms with Crippen molar-refractivity contribution in [2.24, 2.45) is 0 Å². The highest BCUT2D eigenvalue weighted by atomic mass is 16.5. The number of hydrogen-bond donors (Lipinski definition) is 1. The Kier molecular flexibility index (Phi) is 10.8. The van der Waals surface area contributed by atoms with Gasteiger partial charge in [-0.15, -0.1) is 6.58 Å². The van der Waals surface area contributed by atoms with E-state index in [9.17, 15) is 9.59 Å². The molecular weight excluding hydrogens is 380 g/mol. The second-order valence-corrected chi connectivity index (χ2v) is 6.19. The molecule has 2 aromatic carbocycles. The molecule has 2 aromatic rings. The predicted octanol–water partition coefficient (Wildman–Crippen LogP) is 5.81. The number of esters is 2. The van der Waals surface area contributed by atoms with Crippen molar-refractivity contribution < 1.29 is 24.2 Å². The van der Waals surface area contributed by atoms with E-state index in [4.69, 9.17) is 14.6 Å². The van der Waals surface area contributed by atoms with Gasteiger partial charge in [0.2, 0.25) is 0 Å². The summed E-state index contributed by atoms with van der Waals surface area (Å²) >= 11 is 0. The van der Waals surface area contributed by atoms with Crippen LogP contribution >= 0.6 is 0 Å². The van der Waals surface area contributed by atoms with E-state index in [1.807, 2.05) is 30.3 Å². The van der Waals surface area contributed by atoms with Gasteiger partial charge < -0.3 is 14.6 Å². The Morgan fingerprint density at radius 3 is 1.93 bits per heavy atom. The van der Waals surface area contributed by atoms with Crippen LogP contribution < -0.4 is 9.47 Å². The fourth-order valence-corrected chi connectivity index (χ4v) is 1.98. The van der Waals surface area contributed by atoms with Crippen LogP contribution in [0.15, 0.2) is 97.8 Å². The van der Waals surface area contributed by atoms with Crippen molar-refractivity contribution in [2.45, 2.75) is 19.8 Å². The van der Waals surface area contributed by atoms with Gasteiger partial charge in [-0.2, -0.15) is 0 Å². The Labute approximate surface area is 177 Å². The lowest BCUT2D eigenvalue weighted by Crippen LogP contribution is -2.10. The molecule has 0 spiro atoms. The second kappa shape index (κ2) is 13.3. The van der Waals surface area contributed by atoms with E-state index >= 15 is 0 Å². The maximum Gasteiger partial charge on any atom is 0.338 e. The SMILES string of the molecule is C=CCCC(=C)C(=O)Oc1ccc(OC(=O)C(=C)C)cc1.OC=Cc1ccccc1. The van der Waals surface area contributed by atoms with Gasteiger partial charge in [-0.25, -0.2) is 9.59 Å². The van der Waals surface area contributed by atoms with E-state index in [1.165, 1.54) is 12.1 Å². The third-order valence-electron chi connectivity index (χ3n) is 3.60.